The third kappa shape index (κ3) is 2.92. The molecule has 0 aliphatic carbocycles. The first-order valence-corrected chi connectivity index (χ1v) is 6.78. The molecule has 94 valence electrons. The Balaban J connectivity index is 2.21. The van der Waals surface area contributed by atoms with E-state index in [2.05, 4.69) is 15.3 Å². The third-order valence-electron chi connectivity index (χ3n) is 2.42. The van der Waals surface area contributed by atoms with Crippen molar-refractivity contribution in [3.63, 3.8) is 0 Å². The molecule has 4 nitrogen and oxygen atoms in total. The topological polar surface area (TPSA) is 47.0 Å². The summed E-state index contributed by atoms with van der Waals surface area (Å²) < 4.78 is 5.75. The number of anilines is 1. The third-order valence-corrected chi connectivity index (χ3v) is 3.17. The van der Waals surface area contributed by atoms with Crippen LogP contribution in [0.4, 0.5) is 5.95 Å². The van der Waals surface area contributed by atoms with Crippen molar-refractivity contribution in [3.8, 4) is 11.6 Å². The van der Waals surface area contributed by atoms with Gasteiger partial charge in [0.1, 0.15) is 5.75 Å². The summed E-state index contributed by atoms with van der Waals surface area (Å²) in [5.41, 5.74) is 0.906. The number of aryl methyl sites for hydroxylation is 1. The molecule has 0 unspecified atom stereocenters. The van der Waals surface area contributed by atoms with E-state index in [0.717, 1.165) is 11.3 Å². The molecule has 18 heavy (non-hydrogen) atoms. The normalized spacial score (nSPS) is 10.2. The molecule has 5 heteroatoms. The van der Waals surface area contributed by atoms with Crippen LogP contribution in [0.3, 0.4) is 0 Å². The Morgan fingerprint density at radius 3 is 2.56 bits per heavy atom. The Bertz CT molecular complexity index is 528. The fourth-order valence-electron chi connectivity index (χ4n) is 1.41. The number of benzene rings is 1. The lowest BCUT2D eigenvalue weighted by Gasteiger charge is -2.08. The van der Waals surface area contributed by atoms with Gasteiger partial charge in [0.05, 0.1) is 0 Å². The van der Waals surface area contributed by atoms with Gasteiger partial charge in [0.15, 0.2) is 0 Å². The van der Waals surface area contributed by atoms with Gasteiger partial charge in [-0.1, -0.05) is 0 Å². The Labute approximate surface area is 111 Å². The first-order valence-electron chi connectivity index (χ1n) is 5.56. The lowest BCUT2D eigenvalue weighted by atomic mass is 10.3. The maximum absolute atomic E-state index is 5.75. The Morgan fingerprint density at radius 1 is 1.22 bits per heavy atom. The van der Waals surface area contributed by atoms with E-state index in [9.17, 15) is 0 Å². The Morgan fingerprint density at radius 2 is 1.94 bits per heavy atom. The summed E-state index contributed by atoms with van der Waals surface area (Å²) in [5, 5.41) is 2.89. The van der Waals surface area contributed by atoms with Crippen LogP contribution in [0.2, 0.25) is 0 Å². The molecule has 0 bridgehead atoms. The second kappa shape index (κ2) is 5.73. The number of ether oxygens (including phenoxy) is 1. The van der Waals surface area contributed by atoms with E-state index in [-0.39, 0.29) is 0 Å². The van der Waals surface area contributed by atoms with Crippen molar-refractivity contribution < 1.29 is 4.74 Å². The minimum absolute atomic E-state index is 0.552. The molecule has 1 aromatic heterocycles. The number of thioether (sulfide) groups is 1. The molecule has 2 aromatic rings. The molecular weight excluding hydrogens is 246 g/mol. The monoisotopic (exact) mass is 261 g/mol. The highest BCUT2D eigenvalue weighted by Crippen LogP contribution is 2.25. The minimum atomic E-state index is 0.552. The molecular formula is C13H15N3OS. The molecule has 1 aromatic carbocycles. The van der Waals surface area contributed by atoms with Crippen LogP contribution in [-0.4, -0.2) is 23.3 Å². The predicted octanol–water partition coefficient (Wildman–Crippen LogP) is 3.34. The van der Waals surface area contributed by atoms with Crippen LogP contribution in [-0.2, 0) is 0 Å². The number of nitrogens with one attached hydrogen (secondary N) is 1. The van der Waals surface area contributed by atoms with Gasteiger partial charge in [-0.15, -0.1) is 11.8 Å². The van der Waals surface area contributed by atoms with E-state index in [4.69, 9.17) is 4.74 Å². The predicted molar refractivity (Wildman–Crippen MR) is 74.6 cm³/mol. The van der Waals surface area contributed by atoms with Crippen LogP contribution in [0.1, 0.15) is 5.56 Å². The first kappa shape index (κ1) is 12.7. The Hall–Kier alpha value is -1.75. The largest absolute Gasteiger partial charge is 0.439 e. The molecule has 0 saturated carbocycles. The standard InChI is InChI=1S/C13H15N3OS/c1-9-8-15-13(14-2)16-12(9)17-10-4-6-11(18-3)7-5-10/h4-8H,1-3H3,(H,14,15,16). The van der Waals surface area contributed by atoms with Crippen LogP contribution >= 0.6 is 11.8 Å². The van der Waals surface area contributed by atoms with E-state index in [1.54, 1.807) is 25.0 Å². The van der Waals surface area contributed by atoms with Crippen LogP contribution in [0.15, 0.2) is 35.4 Å². The van der Waals surface area contributed by atoms with Gasteiger partial charge in [-0.3, -0.25) is 0 Å². The van der Waals surface area contributed by atoms with E-state index in [0.29, 0.717) is 11.8 Å². The van der Waals surface area contributed by atoms with Crippen LogP contribution in [0.5, 0.6) is 11.6 Å². The fraction of sp³-hybridized carbons (Fsp3) is 0.231. The summed E-state index contributed by atoms with van der Waals surface area (Å²) in [6.45, 7) is 1.92. The zero-order valence-corrected chi connectivity index (χ0v) is 11.4. The number of hydrogen-bond donors (Lipinski definition) is 1. The Kier molecular flexibility index (Phi) is 4.04. The van der Waals surface area contributed by atoms with Gasteiger partial charge in [-0.2, -0.15) is 4.98 Å². The summed E-state index contributed by atoms with van der Waals surface area (Å²) in [4.78, 5) is 9.61. The summed E-state index contributed by atoms with van der Waals surface area (Å²) in [5.74, 6) is 1.90. The number of aromatic nitrogens is 2. The van der Waals surface area contributed by atoms with Gasteiger partial charge < -0.3 is 10.1 Å². The van der Waals surface area contributed by atoms with Crippen LogP contribution < -0.4 is 10.1 Å². The quantitative estimate of drug-likeness (QED) is 0.855. The van der Waals surface area contributed by atoms with Gasteiger partial charge in [0.2, 0.25) is 11.8 Å². The summed E-state index contributed by atoms with van der Waals surface area (Å²) in [6, 6.07) is 7.92. The minimum Gasteiger partial charge on any atom is -0.439 e. The molecule has 0 fully saturated rings. The fourth-order valence-corrected chi connectivity index (χ4v) is 1.81. The van der Waals surface area contributed by atoms with Gasteiger partial charge in [-0.25, -0.2) is 4.98 Å². The van der Waals surface area contributed by atoms with Crippen molar-refractivity contribution in [1.29, 1.82) is 0 Å². The van der Waals surface area contributed by atoms with Gasteiger partial charge in [0.25, 0.3) is 0 Å². The van der Waals surface area contributed by atoms with Crippen molar-refractivity contribution in [1.82, 2.24) is 9.97 Å². The van der Waals surface area contributed by atoms with E-state index >= 15 is 0 Å². The van der Waals surface area contributed by atoms with Crippen molar-refractivity contribution in [2.24, 2.45) is 0 Å². The zero-order chi connectivity index (χ0) is 13.0. The average molecular weight is 261 g/mol. The highest BCUT2D eigenvalue weighted by atomic mass is 32.2. The van der Waals surface area contributed by atoms with Crippen molar-refractivity contribution in [2.75, 3.05) is 18.6 Å². The highest BCUT2D eigenvalue weighted by Gasteiger charge is 2.05. The summed E-state index contributed by atoms with van der Waals surface area (Å²) in [6.07, 6.45) is 3.79. The highest BCUT2D eigenvalue weighted by molar-refractivity contribution is 7.98. The number of hydrogen-bond acceptors (Lipinski definition) is 5. The molecule has 0 atom stereocenters. The summed E-state index contributed by atoms with van der Waals surface area (Å²) >= 11 is 1.70. The molecule has 1 heterocycles. The second-order valence-electron chi connectivity index (χ2n) is 3.71. The van der Waals surface area contributed by atoms with Crippen LogP contribution in [0, 0.1) is 6.92 Å². The van der Waals surface area contributed by atoms with Gasteiger partial charge in [0, 0.05) is 23.7 Å². The molecule has 0 spiro atoms. The maximum atomic E-state index is 5.75. The van der Waals surface area contributed by atoms with Gasteiger partial charge in [-0.05, 0) is 37.4 Å². The molecule has 0 radical (unpaired) electrons. The van der Waals surface area contributed by atoms with E-state index < -0.39 is 0 Å². The smallest absolute Gasteiger partial charge is 0.226 e. The van der Waals surface area contributed by atoms with Crippen molar-refractivity contribution in [3.05, 3.63) is 36.0 Å². The van der Waals surface area contributed by atoms with E-state index in [1.807, 2.05) is 37.4 Å². The SMILES string of the molecule is CNc1ncc(C)c(Oc2ccc(SC)cc2)n1. The van der Waals surface area contributed by atoms with Gasteiger partial charge >= 0.3 is 0 Å². The molecule has 0 aliphatic rings. The maximum Gasteiger partial charge on any atom is 0.226 e. The second-order valence-corrected chi connectivity index (χ2v) is 4.59. The average Bonchev–Trinajstić information content (AvgIpc) is 2.42. The molecule has 0 aliphatic heterocycles. The molecule has 1 N–H and O–H groups in total. The molecule has 2 rings (SSSR count). The zero-order valence-electron chi connectivity index (χ0n) is 10.6. The van der Waals surface area contributed by atoms with E-state index in [1.165, 1.54) is 4.90 Å². The number of rotatable bonds is 4. The lowest BCUT2D eigenvalue weighted by molar-refractivity contribution is 0.458. The van der Waals surface area contributed by atoms with Crippen molar-refractivity contribution >= 4 is 17.7 Å². The number of nitrogens with zero attached hydrogens (tertiary/aromatic N) is 2. The summed E-state index contributed by atoms with van der Waals surface area (Å²) in [7, 11) is 1.78. The molecule has 0 amide bonds. The first-order chi connectivity index (χ1) is 8.72. The molecule has 0 saturated heterocycles. The lowest BCUT2D eigenvalue weighted by Crippen LogP contribution is -1.99. The van der Waals surface area contributed by atoms with Crippen LogP contribution in [0.25, 0.3) is 0 Å². The van der Waals surface area contributed by atoms with Crippen molar-refractivity contribution in [2.45, 2.75) is 11.8 Å².